The molecule has 1 aromatic carbocycles. The van der Waals surface area contributed by atoms with E-state index < -0.39 is 11.7 Å². The molecule has 1 saturated heterocycles. The zero-order valence-electron chi connectivity index (χ0n) is 13.7. The van der Waals surface area contributed by atoms with Crippen LogP contribution in [0.5, 0.6) is 0 Å². The third kappa shape index (κ3) is 3.95. The topological polar surface area (TPSA) is 42.2 Å². The molecule has 0 unspecified atom stereocenters. The predicted molar refractivity (Wildman–Crippen MR) is 83.0 cm³/mol. The van der Waals surface area contributed by atoms with Gasteiger partial charge in [-0.05, 0) is 30.4 Å². The molecule has 1 aromatic heterocycles. The second-order valence-corrected chi connectivity index (χ2v) is 6.73. The van der Waals surface area contributed by atoms with E-state index in [2.05, 4.69) is 28.9 Å². The Morgan fingerprint density at radius 2 is 1.92 bits per heavy atom. The maximum absolute atomic E-state index is 12.8. The van der Waals surface area contributed by atoms with E-state index in [1.54, 1.807) is 6.07 Å². The summed E-state index contributed by atoms with van der Waals surface area (Å²) >= 11 is 0. The van der Waals surface area contributed by atoms with Gasteiger partial charge in [0.2, 0.25) is 11.7 Å². The minimum absolute atomic E-state index is 0.189. The molecule has 0 aliphatic carbocycles. The normalized spacial score (nSPS) is 22.7. The molecule has 2 heterocycles. The van der Waals surface area contributed by atoms with Gasteiger partial charge in [-0.1, -0.05) is 31.1 Å². The molecule has 0 N–H and O–H groups in total. The van der Waals surface area contributed by atoms with E-state index in [1.165, 1.54) is 12.5 Å². The number of hydrogen-bond acceptors (Lipinski definition) is 4. The van der Waals surface area contributed by atoms with E-state index >= 15 is 0 Å². The molecule has 1 aliphatic rings. The molecule has 1 aliphatic heterocycles. The molecule has 3 rings (SSSR count). The Morgan fingerprint density at radius 1 is 1.21 bits per heavy atom. The zero-order valence-corrected chi connectivity index (χ0v) is 13.7. The summed E-state index contributed by atoms with van der Waals surface area (Å²) in [7, 11) is 0. The number of rotatable bonds is 3. The van der Waals surface area contributed by atoms with Crippen molar-refractivity contribution in [3.8, 4) is 11.4 Å². The largest absolute Gasteiger partial charge is 0.416 e. The van der Waals surface area contributed by atoms with Gasteiger partial charge in [0.15, 0.2) is 0 Å². The van der Waals surface area contributed by atoms with Crippen LogP contribution in [-0.2, 0) is 12.7 Å². The molecule has 7 heteroatoms. The second-order valence-electron chi connectivity index (χ2n) is 6.73. The van der Waals surface area contributed by atoms with Crippen LogP contribution in [0, 0.1) is 11.8 Å². The molecular weight excluding hydrogens is 319 g/mol. The van der Waals surface area contributed by atoms with Crippen molar-refractivity contribution in [2.75, 3.05) is 13.1 Å². The van der Waals surface area contributed by atoms with Crippen LogP contribution >= 0.6 is 0 Å². The highest BCUT2D eigenvalue weighted by Gasteiger charge is 2.31. The third-order valence-corrected chi connectivity index (χ3v) is 4.22. The van der Waals surface area contributed by atoms with Gasteiger partial charge >= 0.3 is 6.18 Å². The van der Waals surface area contributed by atoms with Crippen LogP contribution in [0.25, 0.3) is 11.4 Å². The monoisotopic (exact) mass is 339 g/mol. The molecule has 4 nitrogen and oxygen atoms in total. The molecule has 0 radical (unpaired) electrons. The van der Waals surface area contributed by atoms with Gasteiger partial charge in [-0.2, -0.15) is 18.2 Å². The van der Waals surface area contributed by atoms with Crippen LogP contribution in [0.15, 0.2) is 28.8 Å². The quantitative estimate of drug-likeness (QED) is 0.839. The fraction of sp³-hybridized carbons (Fsp3) is 0.529. The highest BCUT2D eigenvalue weighted by Crippen LogP contribution is 2.31. The Morgan fingerprint density at radius 3 is 2.58 bits per heavy atom. The van der Waals surface area contributed by atoms with Crippen molar-refractivity contribution in [2.24, 2.45) is 11.8 Å². The molecule has 0 amide bonds. The lowest BCUT2D eigenvalue weighted by atomic mass is 9.92. The van der Waals surface area contributed by atoms with Gasteiger partial charge < -0.3 is 4.52 Å². The number of alkyl halides is 3. The first-order valence-corrected chi connectivity index (χ1v) is 8.04. The van der Waals surface area contributed by atoms with Crippen LogP contribution in [0.4, 0.5) is 13.2 Å². The van der Waals surface area contributed by atoms with Gasteiger partial charge in [-0.15, -0.1) is 0 Å². The number of halogens is 3. The van der Waals surface area contributed by atoms with Crippen LogP contribution in [0.3, 0.4) is 0 Å². The van der Waals surface area contributed by atoms with E-state index in [-0.39, 0.29) is 5.82 Å². The molecule has 130 valence electrons. The van der Waals surface area contributed by atoms with Crippen molar-refractivity contribution in [1.29, 1.82) is 0 Å². The number of hydrogen-bond donors (Lipinski definition) is 0. The lowest BCUT2D eigenvalue weighted by Crippen LogP contribution is -2.38. The number of nitrogens with zero attached hydrogens (tertiary/aromatic N) is 3. The fourth-order valence-electron chi connectivity index (χ4n) is 3.38. The molecule has 2 atom stereocenters. The minimum atomic E-state index is -4.39. The van der Waals surface area contributed by atoms with E-state index in [1.807, 2.05) is 0 Å². The summed E-state index contributed by atoms with van der Waals surface area (Å²) < 4.78 is 43.6. The highest BCUT2D eigenvalue weighted by molar-refractivity contribution is 5.55. The summed E-state index contributed by atoms with van der Waals surface area (Å²) in [5.41, 5.74) is -0.412. The van der Waals surface area contributed by atoms with Crippen molar-refractivity contribution in [1.82, 2.24) is 15.0 Å². The van der Waals surface area contributed by atoms with Crippen molar-refractivity contribution in [3.05, 3.63) is 35.7 Å². The SMILES string of the molecule is C[C@@H]1C[C@@H](C)CN(Cc2nc(-c3cccc(C(F)(F)F)c3)no2)C1. The average molecular weight is 339 g/mol. The van der Waals surface area contributed by atoms with Gasteiger partial charge in [0.25, 0.3) is 0 Å². The van der Waals surface area contributed by atoms with Gasteiger partial charge in [0.05, 0.1) is 12.1 Å². The summed E-state index contributed by atoms with van der Waals surface area (Å²) in [4.78, 5) is 6.51. The van der Waals surface area contributed by atoms with Crippen molar-refractivity contribution < 1.29 is 17.7 Å². The summed E-state index contributed by atoms with van der Waals surface area (Å²) in [6.45, 7) is 6.88. The summed E-state index contributed by atoms with van der Waals surface area (Å²) in [6, 6.07) is 4.97. The molecule has 0 saturated carbocycles. The number of aromatic nitrogens is 2. The Balaban J connectivity index is 1.74. The van der Waals surface area contributed by atoms with E-state index in [4.69, 9.17) is 4.52 Å². The lowest BCUT2D eigenvalue weighted by molar-refractivity contribution is -0.137. The van der Waals surface area contributed by atoms with Gasteiger partial charge in [0, 0.05) is 18.7 Å². The fourth-order valence-corrected chi connectivity index (χ4v) is 3.38. The van der Waals surface area contributed by atoms with Crippen molar-refractivity contribution >= 4 is 0 Å². The Bertz CT molecular complexity index is 688. The van der Waals surface area contributed by atoms with Gasteiger partial charge in [-0.3, -0.25) is 4.90 Å². The van der Waals surface area contributed by atoms with E-state index in [0.29, 0.717) is 29.8 Å². The maximum Gasteiger partial charge on any atom is 0.416 e. The molecule has 1 fully saturated rings. The maximum atomic E-state index is 12.8. The van der Waals surface area contributed by atoms with E-state index in [0.717, 1.165) is 25.2 Å². The van der Waals surface area contributed by atoms with Gasteiger partial charge in [-0.25, -0.2) is 0 Å². The Labute approximate surface area is 138 Å². The van der Waals surface area contributed by atoms with Crippen LogP contribution < -0.4 is 0 Å². The molecule has 0 spiro atoms. The number of piperidine rings is 1. The van der Waals surface area contributed by atoms with Gasteiger partial charge in [0.1, 0.15) is 0 Å². The van der Waals surface area contributed by atoms with Crippen LogP contribution in [-0.4, -0.2) is 28.1 Å². The molecule has 0 bridgehead atoms. The first kappa shape index (κ1) is 17.0. The zero-order chi connectivity index (χ0) is 17.3. The first-order valence-electron chi connectivity index (χ1n) is 8.04. The summed E-state index contributed by atoms with van der Waals surface area (Å²) in [5.74, 6) is 1.84. The average Bonchev–Trinajstić information content (AvgIpc) is 2.94. The van der Waals surface area contributed by atoms with Crippen molar-refractivity contribution in [3.63, 3.8) is 0 Å². The first-order chi connectivity index (χ1) is 11.3. The smallest absolute Gasteiger partial charge is 0.338 e. The van der Waals surface area contributed by atoms with Crippen LogP contribution in [0.1, 0.15) is 31.7 Å². The third-order valence-electron chi connectivity index (χ3n) is 4.22. The molecular formula is C17H20F3N3O. The minimum Gasteiger partial charge on any atom is -0.338 e. The highest BCUT2D eigenvalue weighted by atomic mass is 19.4. The standard InChI is InChI=1S/C17H20F3N3O/c1-11-6-12(2)9-23(8-11)10-15-21-16(22-24-15)13-4-3-5-14(7-13)17(18,19)20/h3-5,7,11-12H,6,8-10H2,1-2H3/t11-,12-/m1/s1. The second kappa shape index (κ2) is 6.55. The molecule has 2 aromatic rings. The van der Waals surface area contributed by atoms with E-state index in [9.17, 15) is 13.2 Å². The molecule has 24 heavy (non-hydrogen) atoms. The number of likely N-dealkylation sites (tertiary alicyclic amines) is 1. The lowest BCUT2D eigenvalue weighted by Gasteiger charge is -2.33. The summed E-state index contributed by atoms with van der Waals surface area (Å²) in [5, 5.41) is 3.83. The predicted octanol–water partition coefficient (Wildman–Crippen LogP) is 4.23. The Hall–Kier alpha value is -1.89. The Kier molecular flexibility index (Phi) is 4.62. The summed E-state index contributed by atoms with van der Waals surface area (Å²) in [6.07, 6.45) is -3.18. The van der Waals surface area contributed by atoms with Crippen LogP contribution in [0.2, 0.25) is 0 Å². The number of benzene rings is 1. The van der Waals surface area contributed by atoms with Crippen molar-refractivity contribution in [2.45, 2.75) is 33.0 Å².